The number of hydrogen-bond donors (Lipinski definition) is 1. The standard InChI is InChI=1S/C28H55NO4/c1-5-6-7-8-9-10-11-12-13-14-15-16-17-18-19-20-22-27(33-26(2)30)25-29(3,4)24-21-23-28(31)32/h27H,5-25H2,1-4H3/p+1. The summed E-state index contributed by atoms with van der Waals surface area (Å²) in [5.74, 6) is -0.971. The van der Waals surface area contributed by atoms with Crippen LogP contribution >= 0.6 is 0 Å². The number of carbonyl (C=O) groups is 2. The van der Waals surface area contributed by atoms with E-state index in [1.54, 1.807) is 0 Å². The van der Waals surface area contributed by atoms with Crippen LogP contribution in [-0.2, 0) is 14.3 Å². The van der Waals surface area contributed by atoms with Crippen molar-refractivity contribution in [2.75, 3.05) is 27.2 Å². The number of rotatable bonds is 24. The van der Waals surface area contributed by atoms with Crippen molar-refractivity contribution in [2.45, 2.75) is 142 Å². The van der Waals surface area contributed by atoms with Gasteiger partial charge in [-0.3, -0.25) is 9.59 Å². The van der Waals surface area contributed by atoms with Crippen LogP contribution in [0.1, 0.15) is 136 Å². The van der Waals surface area contributed by atoms with Gasteiger partial charge in [0.25, 0.3) is 0 Å². The third kappa shape index (κ3) is 23.8. The third-order valence-corrected chi connectivity index (χ3v) is 6.56. The maximum Gasteiger partial charge on any atom is 0.303 e. The van der Waals surface area contributed by atoms with Crippen LogP contribution in [-0.4, -0.2) is 54.8 Å². The van der Waals surface area contributed by atoms with Gasteiger partial charge in [0.2, 0.25) is 0 Å². The molecule has 0 aromatic carbocycles. The van der Waals surface area contributed by atoms with E-state index in [-0.39, 0.29) is 18.5 Å². The van der Waals surface area contributed by atoms with Crippen molar-refractivity contribution in [3.8, 4) is 0 Å². The first-order valence-electron chi connectivity index (χ1n) is 14.0. The Labute approximate surface area is 205 Å². The van der Waals surface area contributed by atoms with Crippen LogP contribution in [0.15, 0.2) is 0 Å². The molecule has 0 aliphatic carbocycles. The number of carboxylic acids is 1. The van der Waals surface area contributed by atoms with E-state index in [4.69, 9.17) is 9.84 Å². The molecule has 0 saturated carbocycles. The molecule has 1 unspecified atom stereocenters. The summed E-state index contributed by atoms with van der Waals surface area (Å²) in [4.78, 5) is 22.3. The highest BCUT2D eigenvalue weighted by molar-refractivity contribution is 5.66. The number of aliphatic carboxylic acids is 1. The molecule has 1 atom stereocenters. The lowest BCUT2D eigenvalue weighted by molar-refractivity contribution is -0.893. The van der Waals surface area contributed by atoms with Gasteiger partial charge in [-0.1, -0.05) is 103 Å². The maximum atomic E-state index is 11.5. The molecule has 0 spiro atoms. The Hall–Kier alpha value is -1.10. The molecule has 196 valence electrons. The topological polar surface area (TPSA) is 63.6 Å². The summed E-state index contributed by atoms with van der Waals surface area (Å²) in [5, 5.41) is 8.84. The van der Waals surface area contributed by atoms with Crippen molar-refractivity contribution in [2.24, 2.45) is 0 Å². The van der Waals surface area contributed by atoms with E-state index >= 15 is 0 Å². The van der Waals surface area contributed by atoms with Crippen LogP contribution in [0, 0.1) is 0 Å². The van der Waals surface area contributed by atoms with Crippen molar-refractivity contribution in [1.29, 1.82) is 0 Å². The third-order valence-electron chi connectivity index (χ3n) is 6.56. The Kier molecular flexibility index (Phi) is 20.7. The SMILES string of the molecule is CCCCCCCCCCCCCCCCCCC(C[N+](C)(C)CCCC(=O)O)OC(C)=O. The van der Waals surface area contributed by atoms with E-state index in [2.05, 4.69) is 21.0 Å². The normalized spacial score (nSPS) is 12.6. The second kappa shape index (κ2) is 21.4. The number of ether oxygens (including phenoxy) is 1. The number of carboxylic acid groups (broad SMARTS) is 1. The second-order valence-electron chi connectivity index (χ2n) is 10.7. The lowest BCUT2D eigenvalue weighted by Gasteiger charge is -2.33. The number of quaternary nitrogens is 1. The molecular formula is C28H56NO4+. The maximum absolute atomic E-state index is 11.5. The van der Waals surface area contributed by atoms with Gasteiger partial charge < -0.3 is 14.3 Å². The molecule has 1 N–H and O–H groups in total. The largest absolute Gasteiger partial charge is 0.481 e. The first-order chi connectivity index (χ1) is 15.8. The molecule has 0 aromatic rings. The summed E-state index contributed by atoms with van der Waals surface area (Å²) in [6, 6.07) is 0. The van der Waals surface area contributed by atoms with Crippen molar-refractivity contribution in [3.05, 3.63) is 0 Å². The van der Waals surface area contributed by atoms with Gasteiger partial charge in [-0.2, -0.15) is 0 Å². The highest BCUT2D eigenvalue weighted by Gasteiger charge is 2.24. The van der Waals surface area contributed by atoms with E-state index in [1.165, 1.54) is 103 Å². The highest BCUT2D eigenvalue weighted by Crippen LogP contribution is 2.16. The molecule has 0 fully saturated rings. The Morgan fingerprint density at radius 1 is 0.727 bits per heavy atom. The highest BCUT2D eigenvalue weighted by atomic mass is 16.5. The van der Waals surface area contributed by atoms with Crippen LogP contribution in [0.5, 0.6) is 0 Å². The average Bonchev–Trinajstić information content (AvgIpc) is 2.72. The molecule has 0 radical (unpaired) electrons. The minimum Gasteiger partial charge on any atom is -0.481 e. The first kappa shape index (κ1) is 31.9. The van der Waals surface area contributed by atoms with Crippen LogP contribution in [0.4, 0.5) is 0 Å². The van der Waals surface area contributed by atoms with E-state index in [9.17, 15) is 9.59 Å². The fourth-order valence-corrected chi connectivity index (χ4v) is 4.64. The van der Waals surface area contributed by atoms with E-state index in [0.717, 1.165) is 25.9 Å². The number of unbranched alkanes of at least 4 members (excludes halogenated alkanes) is 15. The molecule has 0 rings (SSSR count). The number of likely N-dealkylation sites (N-methyl/N-ethyl adjacent to an activating group) is 1. The molecule has 5 nitrogen and oxygen atoms in total. The summed E-state index contributed by atoms with van der Waals surface area (Å²) in [7, 11) is 4.18. The summed E-state index contributed by atoms with van der Waals surface area (Å²) in [5.41, 5.74) is 0. The summed E-state index contributed by atoms with van der Waals surface area (Å²) < 4.78 is 6.25. The minimum atomic E-state index is -0.750. The zero-order valence-electron chi connectivity index (χ0n) is 22.5. The molecule has 0 amide bonds. The van der Waals surface area contributed by atoms with Crippen LogP contribution in [0.3, 0.4) is 0 Å². The molecule has 33 heavy (non-hydrogen) atoms. The molecule has 5 heteroatoms. The van der Waals surface area contributed by atoms with Crippen molar-refractivity contribution in [3.63, 3.8) is 0 Å². The van der Waals surface area contributed by atoms with Crippen molar-refractivity contribution < 1.29 is 23.9 Å². The molecular weight excluding hydrogens is 414 g/mol. The lowest BCUT2D eigenvalue weighted by Crippen LogP contribution is -2.47. The van der Waals surface area contributed by atoms with Gasteiger partial charge in [-0.05, 0) is 12.8 Å². The Morgan fingerprint density at radius 2 is 1.15 bits per heavy atom. The Morgan fingerprint density at radius 3 is 1.55 bits per heavy atom. The van der Waals surface area contributed by atoms with Crippen LogP contribution < -0.4 is 0 Å². The number of nitrogens with zero attached hydrogens (tertiary/aromatic N) is 1. The fourth-order valence-electron chi connectivity index (χ4n) is 4.64. The predicted octanol–water partition coefficient (Wildman–Crippen LogP) is 7.51. The van der Waals surface area contributed by atoms with Crippen LogP contribution in [0.2, 0.25) is 0 Å². The number of hydrogen-bond acceptors (Lipinski definition) is 3. The summed E-state index contributed by atoms with van der Waals surface area (Å²) >= 11 is 0. The van der Waals surface area contributed by atoms with Gasteiger partial charge in [0, 0.05) is 13.3 Å². The molecule has 0 aliphatic rings. The van der Waals surface area contributed by atoms with Gasteiger partial charge >= 0.3 is 11.9 Å². The van der Waals surface area contributed by atoms with Crippen molar-refractivity contribution >= 4 is 11.9 Å². The van der Waals surface area contributed by atoms with Gasteiger partial charge in [0.15, 0.2) is 6.10 Å². The number of carbonyl (C=O) groups excluding carboxylic acids is 1. The average molecular weight is 471 g/mol. The van der Waals surface area contributed by atoms with Gasteiger partial charge in [-0.15, -0.1) is 0 Å². The smallest absolute Gasteiger partial charge is 0.303 e. The van der Waals surface area contributed by atoms with Crippen molar-refractivity contribution in [1.82, 2.24) is 0 Å². The lowest BCUT2D eigenvalue weighted by atomic mass is 10.0. The zero-order chi connectivity index (χ0) is 24.8. The monoisotopic (exact) mass is 470 g/mol. The summed E-state index contributed by atoms with van der Waals surface area (Å²) in [6.45, 7) is 5.28. The Balaban J connectivity index is 3.72. The van der Waals surface area contributed by atoms with E-state index in [0.29, 0.717) is 10.9 Å². The quantitative estimate of drug-likeness (QED) is 0.0900. The van der Waals surface area contributed by atoms with Gasteiger partial charge in [-0.25, -0.2) is 0 Å². The minimum absolute atomic E-state index is 0.0750. The fraction of sp³-hybridized carbons (Fsp3) is 0.929. The predicted molar refractivity (Wildman–Crippen MR) is 138 cm³/mol. The Bertz CT molecular complexity index is 479. The summed E-state index contributed by atoms with van der Waals surface area (Å²) in [6.07, 6.45) is 23.3. The zero-order valence-corrected chi connectivity index (χ0v) is 22.5. The molecule has 0 aliphatic heterocycles. The van der Waals surface area contributed by atoms with Crippen LogP contribution in [0.25, 0.3) is 0 Å². The van der Waals surface area contributed by atoms with Gasteiger partial charge in [0.05, 0.1) is 27.1 Å². The van der Waals surface area contributed by atoms with Gasteiger partial charge in [0.1, 0.15) is 6.54 Å². The second-order valence-corrected chi connectivity index (χ2v) is 10.7. The molecule has 0 aromatic heterocycles. The first-order valence-corrected chi connectivity index (χ1v) is 14.0. The van der Waals surface area contributed by atoms with E-state index < -0.39 is 5.97 Å². The number of esters is 1. The molecule has 0 heterocycles. The molecule has 0 bridgehead atoms. The molecule has 0 saturated heterocycles. The van der Waals surface area contributed by atoms with E-state index in [1.807, 2.05) is 0 Å².